The molecule has 0 aromatic heterocycles. The van der Waals surface area contributed by atoms with Crippen LogP contribution >= 0.6 is 0 Å². The van der Waals surface area contributed by atoms with E-state index in [0.717, 1.165) is 45.7 Å². The second kappa shape index (κ2) is 8.03. The molecule has 0 saturated carbocycles. The summed E-state index contributed by atoms with van der Waals surface area (Å²) in [5, 5.41) is 9.28. The minimum atomic E-state index is -0.176. The van der Waals surface area contributed by atoms with Crippen molar-refractivity contribution in [3.63, 3.8) is 0 Å². The van der Waals surface area contributed by atoms with Crippen LogP contribution in [0.4, 0.5) is 0 Å². The Kier molecular flexibility index (Phi) is 7.04. The van der Waals surface area contributed by atoms with E-state index in [-0.39, 0.29) is 6.10 Å². The quantitative estimate of drug-likeness (QED) is 0.684. The molecule has 4 nitrogen and oxygen atoms in total. The summed E-state index contributed by atoms with van der Waals surface area (Å²) in [6.07, 6.45) is 3.13. The first kappa shape index (κ1) is 14.9. The number of piperazine rings is 1. The van der Waals surface area contributed by atoms with Gasteiger partial charge in [-0.05, 0) is 19.8 Å². The maximum Gasteiger partial charge on any atom is 0.0524 e. The summed E-state index contributed by atoms with van der Waals surface area (Å²) < 4.78 is 0. The minimum Gasteiger partial charge on any atom is -0.393 e. The zero-order valence-electron chi connectivity index (χ0n) is 11.4. The van der Waals surface area contributed by atoms with Crippen molar-refractivity contribution in [2.45, 2.75) is 45.3 Å². The van der Waals surface area contributed by atoms with Crippen molar-refractivity contribution < 1.29 is 5.11 Å². The zero-order chi connectivity index (χ0) is 12.7. The Labute approximate surface area is 106 Å². The Balaban J connectivity index is 2.24. The van der Waals surface area contributed by atoms with Crippen molar-refractivity contribution >= 4 is 0 Å². The Morgan fingerprint density at radius 2 is 1.82 bits per heavy atom. The average Bonchev–Trinajstić information content (AvgIpc) is 2.34. The number of nitrogens with zero attached hydrogens (tertiary/aromatic N) is 2. The molecule has 3 N–H and O–H groups in total. The first-order valence-electron chi connectivity index (χ1n) is 7.01. The van der Waals surface area contributed by atoms with Gasteiger partial charge in [-0.15, -0.1) is 0 Å². The molecule has 2 atom stereocenters. The molecule has 1 aliphatic heterocycles. The van der Waals surface area contributed by atoms with Crippen LogP contribution in [0.2, 0.25) is 0 Å². The molecular weight excluding hydrogens is 214 g/mol. The van der Waals surface area contributed by atoms with Crippen LogP contribution in [-0.2, 0) is 0 Å². The molecular formula is C13H29N3O. The van der Waals surface area contributed by atoms with Gasteiger partial charge < -0.3 is 15.7 Å². The van der Waals surface area contributed by atoms with Gasteiger partial charge in [-0.2, -0.15) is 0 Å². The summed E-state index contributed by atoms with van der Waals surface area (Å²) in [6.45, 7) is 10.4. The molecule has 2 unspecified atom stereocenters. The maximum absolute atomic E-state index is 9.28. The molecule has 102 valence electrons. The lowest BCUT2D eigenvalue weighted by Gasteiger charge is -2.39. The van der Waals surface area contributed by atoms with Crippen LogP contribution in [0, 0.1) is 0 Å². The van der Waals surface area contributed by atoms with E-state index < -0.39 is 0 Å². The van der Waals surface area contributed by atoms with Gasteiger partial charge in [0, 0.05) is 45.3 Å². The lowest BCUT2D eigenvalue weighted by Crippen LogP contribution is -2.52. The molecule has 1 fully saturated rings. The SMILES string of the molecule is CCCC(CN)N1CCN(CCC(C)O)CC1. The summed E-state index contributed by atoms with van der Waals surface area (Å²) in [5.74, 6) is 0. The van der Waals surface area contributed by atoms with Crippen LogP contribution in [0.25, 0.3) is 0 Å². The Morgan fingerprint density at radius 1 is 1.18 bits per heavy atom. The average molecular weight is 243 g/mol. The van der Waals surface area contributed by atoms with Gasteiger partial charge in [0.05, 0.1) is 6.10 Å². The van der Waals surface area contributed by atoms with Gasteiger partial charge in [0.1, 0.15) is 0 Å². The van der Waals surface area contributed by atoms with E-state index in [0.29, 0.717) is 6.04 Å². The van der Waals surface area contributed by atoms with E-state index >= 15 is 0 Å². The molecule has 0 aliphatic carbocycles. The fraction of sp³-hybridized carbons (Fsp3) is 1.00. The van der Waals surface area contributed by atoms with E-state index in [1.165, 1.54) is 12.8 Å². The van der Waals surface area contributed by atoms with Gasteiger partial charge >= 0.3 is 0 Å². The molecule has 0 radical (unpaired) electrons. The van der Waals surface area contributed by atoms with E-state index in [1.54, 1.807) is 0 Å². The molecule has 0 bridgehead atoms. The highest BCUT2D eigenvalue weighted by molar-refractivity contribution is 4.79. The van der Waals surface area contributed by atoms with Crippen molar-refractivity contribution in [3.8, 4) is 0 Å². The lowest BCUT2D eigenvalue weighted by atomic mass is 10.1. The van der Waals surface area contributed by atoms with Gasteiger partial charge in [0.2, 0.25) is 0 Å². The van der Waals surface area contributed by atoms with Crippen molar-refractivity contribution in [1.82, 2.24) is 9.80 Å². The second-order valence-corrected chi connectivity index (χ2v) is 5.19. The zero-order valence-corrected chi connectivity index (χ0v) is 11.4. The maximum atomic E-state index is 9.28. The molecule has 1 heterocycles. The summed E-state index contributed by atoms with van der Waals surface area (Å²) in [6, 6.07) is 0.568. The van der Waals surface area contributed by atoms with E-state index in [4.69, 9.17) is 5.73 Å². The van der Waals surface area contributed by atoms with Gasteiger partial charge in [0.15, 0.2) is 0 Å². The van der Waals surface area contributed by atoms with Crippen LogP contribution in [0.5, 0.6) is 0 Å². The summed E-state index contributed by atoms with van der Waals surface area (Å²) in [5.41, 5.74) is 5.83. The van der Waals surface area contributed by atoms with E-state index in [1.807, 2.05) is 6.92 Å². The Hall–Kier alpha value is -0.160. The smallest absolute Gasteiger partial charge is 0.0524 e. The predicted octanol–water partition coefficient (Wildman–Crippen LogP) is 0.502. The highest BCUT2D eigenvalue weighted by Gasteiger charge is 2.22. The van der Waals surface area contributed by atoms with Crippen LogP contribution in [-0.4, -0.2) is 66.3 Å². The number of aliphatic hydroxyl groups is 1. The second-order valence-electron chi connectivity index (χ2n) is 5.19. The third-order valence-electron chi connectivity index (χ3n) is 3.68. The van der Waals surface area contributed by atoms with Crippen molar-refractivity contribution in [2.75, 3.05) is 39.3 Å². The van der Waals surface area contributed by atoms with E-state index in [2.05, 4.69) is 16.7 Å². The molecule has 1 rings (SSSR count). The molecule has 0 aromatic carbocycles. The molecule has 0 spiro atoms. The Morgan fingerprint density at radius 3 is 2.29 bits per heavy atom. The van der Waals surface area contributed by atoms with Crippen LogP contribution in [0.15, 0.2) is 0 Å². The third kappa shape index (κ3) is 5.34. The van der Waals surface area contributed by atoms with Gasteiger partial charge in [0.25, 0.3) is 0 Å². The number of aliphatic hydroxyl groups excluding tert-OH is 1. The molecule has 4 heteroatoms. The van der Waals surface area contributed by atoms with Gasteiger partial charge in [-0.25, -0.2) is 0 Å². The minimum absolute atomic E-state index is 0.176. The van der Waals surface area contributed by atoms with Gasteiger partial charge in [-0.3, -0.25) is 4.90 Å². The van der Waals surface area contributed by atoms with Crippen LogP contribution < -0.4 is 5.73 Å². The van der Waals surface area contributed by atoms with Crippen LogP contribution in [0.3, 0.4) is 0 Å². The third-order valence-corrected chi connectivity index (χ3v) is 3.68. The predicted molar refractivity (Wildman–Crippen MR) is 72.1 cm³/mol. The first-order chi connectivity index (χ1) is 8.17. The lowest BCUT2D eigenvalue weighted by molar-refractivity contribution is 0.0819. The van der Waals surface area contributed by atoms with Crippen LogP contribution in [0.1, 0.15) is 33.1 Å². The molecule has 1 aliphatic rings. The van der Waals surface area contributed by atoms with Crippen molar-refractivity contribution in [3.05, 3.63) is 0 Å². The molecule has 1 saturated heterocycles. The highest BCUT2D eigenvalue weighted by atomic mass is 16.3. The number of hydrogen-bond donors (Lipinski definition) is 2. The molecule has 0 aromatic rings. The number of hydrogen-bond acceptors (Lipinski definition) is 4. The molecule has 0 amide bonds. The fourth-order valence-electron chi connectivity index (χ4n) is 2.50. The van der Waals surface area contributed by atoms with Crippen molar-refractivity contribution in [2.24, 2.45) is 5.73 Å². The first-order valence-corrected chi connectivity index (χ1v) is 7.01. The van der Waals surface area contributed by atoms with Gasteiger partial charge in [-0.1, -0.05) is 13.3 Å². The standard InChI is InChI=1S/C13H29N3O/c1-3-4-13(11-14)16-9-7-15(8-10-16)6-5-12(2)17/h12-13,17H,3-11,14H2,1-2H3. The summed E-state index contributed by atoms with van der Waals surface area (Å²) >= 11 is 0. The highest BCUT2D eigenvalue weighted by Crippen LogP contribution is 2.10. The number of nitrogens with two attached hydrogens (primary N) is 1. The molecule has 17 heavy (non-hydrogen) atoms. The topological polar surface area (TPSA) is 52.7 Å². The largest absolute Gasteiger partial charge is 0.393 e. The fourth-order valence-corrected chi connectivity index (χ4v) is 2.50. The Bertz CT molecular complexity index is 191. The normalized spacial score (nSPS) is 22.6. The number of rotatable bonds is 7. The van der Waals surface area contributed by atoms with Crippen molar-refractivity contribution in [1.29, 1.82) is 0 Å². The summed E-state index contributed by atoms with van der Waals surface area (Å²) in [7, 11) is 0. The monoisotopic (exact) mass is 243 g/mol. The van der Waals surface area contributed by atoms with E-state index in [9.17, 15) is 5.11 Å². The summed E-state index contributed by atoms with van der Waals surface area (Å²) in [4.78, 5) is 4.98.